The summed E-state index contributed by atoms with van der Waals surface area (Å²) in [4.78, 5) is 10.3. The van der Waals surface area contributed by atoms with Crippen LogP contribution in [-0.2, 0) is 4.79 Å². The highest BCUT2D eigenvalue weighted by atomic mass is 16.1. The van der Waals surface area contributed by atoms with Crippen LogP contribution in [0.3, 0.4) is 0 Å². The topological polar surface area (TPSA) is 29.1 Å². The number of allylic oxidation sites excluding steroid dienone is 1. The molecule has 0 aromatic rings. The highest BCUT2D eigenvalue weighted by molar-refractivity contribution is 5.88. The van der Waals surface area contributed by atoms with E-state index in [1.807, 2.05) is 21.0 Å². The molecular weight excluding hydrogens is 126 g/mol. The normalized spacial score (nSPS) is 7.50. The summed E-state index contributed by atoms with van der Waals surface area (Å²) >= 11 is 0. The monoisotopic (exact) mass is 143 g/mol. The first-order valence-electron chi connectivity index (χ1n) is 3.46. The van der Waals surface area contributed by atoms with Gasteiger partial charge in [0.1, 0.15) is 0 Å². The van der Waals surface area contributed by atoms with Crippen molar-refractivity contribution in [1.29, 1.82) is 0 Å². The fraction of sp³-hybridized carbons (Fsp3) is 0.625. The van der Waals surface area contributed by atoms with Gasteiger partial charge < -0.3 is 5.32 Å². The van der Waals surface area contributed by atoms with Crippen LogP contribution in [0.2, 0.25) is 0 Å². The van der Waals surface area contributed by atoms with E-state index in [9.17, 15) is 4.79 Å². The molecule has 0 amide bonds. The minimum absolute atomic E-state index is 0.141. The molecule has 0 aromatic carbocycles. The minimum atomic E-state index is 0.141. The second-order valence-corrected chi connectivity index (χ2v) is 1.92. The van der Waals surface area contributed by atoms with Crippen molar-refractivity contribution < 1.29 is 4.79 Å². The lowest BCUT2D eigenvalue weighted by Gasteiger charge is -1.82. The summed E-state index contributed by atoms with van der Waals surface area (Å²) in [5.74, 6) is 0.141. The Balaban J connectivity index is 0. The van der Waals surface area contributed by atoms with Crippen molar-refractivity contribution in [2.24, 2.45) is 0 Å². The third kappa shape index (κ3) is 15.7. The molecule has 2 heteroatoms. The Morgan fingerprint density at radius 3 is 2.10 bits per heavy atom. The molecule has 0 unspecified atom stereocenters. The van der Waals surface area contributed by atoms with Gasteiger partial charge in [0.15, 0.2) is 5.78 Å². The van der Waals surface area contributed by atoms with Gasteiger partial charge in [-0.05, 0) is 26.6 Å². The van der Waals surface area contributed by atoms with Gasteiger partial charge in [0, 0.05) is 6.42 Å². The van der Waals surface area contributed by atoms with Crippen LogP contribution in [0.5, 0.6) is 0 Å². The lowest BCUT2D eigenvalue weighted by atomic mass is 10.2. The zero-order valence-electron chi connectivity index (χ0n) is 7.11. The first kappa shape index (κ1) is 12.1. The lowest BCUT2D eigenvalue weighted by molar-refractivity contribution is -0.114. The van der Waals surface area contributed by atoms with Gasteiger partial charge >= 0.3 is 0 Å². The highest BCUT2D eigenvalue weighted by Gasteiger charge is 1.87. The average molecular weight is 143 g/mol. The van der Waals surface area contributed by atoms with Crippen LogP contribution in [0.1, 0.15) is 19.8 Å². The number of carbonyl (C=O) groups excluding carboxylic acids is 1. The van der Waals surface area contributed by atoms with Crippen molar-refractivity contribution in [2.45, 2.75) is 19.8 Å². The van der Waals surface area contributed by atoms with E-state index in [1.165, 1.54) is 6.08 Å². The Bertz CT molecular complexity index is 89.3. The predicted octanol–water partition coefficient (Wildman–Crippen LogP) is 1.38. The summed E-state index contributed by atoms with van der Waals surface area (Å²) in [7, 11) is 3.75. The number of nitrogens with one attached hydrogen (secondary N) is 1. The van der Waals surface area contributed by atoms with Gasteiger partial charge in [-0.1, -0.05) is 13.5 Å². The standard InChI is InChI=1S/C6H10O.C2H7N/c1-3-5-6(7)4-2;1-3-2/h4H,2-3,5H2,1H3;3H,1-2H3. The number of ketones is 1. The third-order valence-corrected chi connectivity index (χ3v) is 0.724. The highest BCUT2D eigenvalue weighted by Crippen LogP contribution is 1.87. The van der Waals surface area contributed by atoms with E-state index >= 15 is 0 Å². The van der Waals surface area contributed by atoms with E-state index in [1.54, 1.807) is 0 Å². The minimum Gasteiger partial charge on any atom is -0.323 e. The van der Waals surface area contributed by atoms with Crippen molar-refractivity contribution in [2.75, 3.05) is 14.1 Å². The molecule has 2 nitrogen and oxygen atoms in total. The molecule has 0 bridgehead atoms. The van der Waals surface area contributed by atoms with E-state index in [0.29, 0.717) is 6.42 Å². The second kappa shape index (κ2) is 11.2. The molecule has 0 aromatic heterocycles. The van der Waals surface area contributed by atoms with E-state index in [-0.39, 0.29) is 5.78 Å². The molecule has 0 saturated carbocycles. The van der Waals surface area contributed by atoms with Gasteiger partial charge in [-0.25, -0.2) is 0 Å². The van der Waals surface area contributed by atoms with Crippen LogP contribution >= 0.6 is 0 Å². The molecule has 0 rings (SSSR count). The average Bonchev–Trinajstić information content (AvgIpc) is 1.90. The molecule has 0 saturated heterocycles. The molecule has 0 aliphatic heterocycles. The maximum absolute atomic E-state index is 10.3. The van der Waals surface area contributed by atoms with Gasteiger partial charge in [-0.15, -0.1) is 0 Å². The molecule has 0 spiro atoms. The van der Waals surface area contributed by atoms with Crippen LogP contribution < -0.4 is 5.32 Å². The van der Waals surface area contributed by atoms with Crippen LogP contribution in [0.25, 0.3) is 0 Å². The molecule has 1 N–H and O–H groups in total. The van der Waals surface area contributed by atoms with E-state index in [0.717, 1.165) is 6.42 Å². The van der Waals surface area contributed by atoms with Crippen molar-refractivity contribution in [3.8, 4) is 0 Å². The number of carbonyl (C=O) groups is 1. The Labute approximate surface area is 63.3 Å². The summed E-state index contributed by atoms with van der Waals surface area (Å²) in [5.41, 5.74) is 0. The number of hydrogen-bond donors (Lipinski definition) is 1. The van der Waals surface area contributed by atoms with E-state index in [2.05, 4.69) is 11.9 Å². The summed E-state index contributed by atoms with van der Waals surface area (Å²) in [5, 5.41) is 2.75. The van der Waals surface area contributed by atoms with Gasteiger partial charge in [0.05, 0.1) is 0 Å². The van der Waals surface area contributed by atoms with Crippen LogP contribution in [0.15, 0.2) is 12.7 Å². The summed E-state index contributed by atoms with van der Waals surface area (Å²) < 4.78 is 0. The predicted molar refractivity (Wildman–Crippen MR) is 45.1 cm³/mol. The summed E-state index contributed by atoms with van der Waals surface area (Å²) in [6, 6.07) is 0. The number of rotatable bonds is 3. The first-order valence-corrected chi connectivity index (χ1v) is 3.46. The Hall–Kier alpha value is -0.630. The van der Waals surface area contributed by atoms with Gasteiger partial charge in [-0.3, -0.25) is 4.79 Å². The second-order valence-electron chi connectivity index (χ2n) is 1.92. The molecule has 0 fully saturated rings. The van der Waals surface area contributed by atoms with Crippen molar-refractivity contribution >= 4 is 5.78 Å². The van der Waals surface area contributed by atoms with Gasteiger partial charge in [0.25, 0.3) is 0 Å². The van der Waals surface area contributed by atoms with Crippen molar-refractivity contribution in [3.05, 3.63) is 12.7 Å². The molecule has 0 aliphatic carbocycles. The van der Waals surface area contributed by atoms with Crippen LogP contribution in [0, 0.1) is 0 Å². The third-order valence-electron chi connectivity index (χ3n) is 0.724. The SMILES string of the molecule is C=CC(=O)CCC.CNC. The maximum atomic E-state index is 10.3. The molecule has 0 heterocycles. The molecule has 10 heavy (non-hydrogen) atoms. The maximum Gasteiger partial charge on any atom is 0.155 e. The van der Waals surface area contributed by atoms with Crippen LogP contribution in [0.4, 0.5) is 0 Å². The van der Waals surface area contributed by atoms with Crippen LogP contribution in [-0.4, -0.2) is 19.9 Å². The Morgan fingerprint density at radius 1 is 1.60 bits per heavy atom. The Kier molecular flexibility index (Phi) is 13.5. The van der Waals surface area contributed by atoms with Gasteiger partial charge in [0.2, 0.25) is 0 Å². The fourth-order valence-electron chi connectivity index (χ4n) is 0.348. The Morgan fingerprint density at radius 2 is 2.00 bits per heavy atom. The molecule has 0 aliphatic rings. The largest absolute Gasteiger partial charge is 0.323 e. The quantitative estimate of drug-likeness (QED) is 0.605. The molecular formula is C8H17NO. The van der Waals surface area contributed by atoms with Crippen molar-refractivity contribution in [1.82, 2.24) is 5.32 Å². The van der Waals surface area contributed by atoms with E-state index < -0.39 is 0 Å². The zero-order chi connectivity index (χ0) is 8.41. The fourth-order valence-corrected chi connectivity index (χ4v) is 0.348. The van der Waals surface area contributed by atoms with Gasteiger partial charge in [-0.2, -0.15) is 0 Å². The molecule has 60 valence electrons. The smallest absolute Gasteiger partial charge is 0.155 e. The molecule has 0 atom stereocenters. The van der Waals surface area contributed by atoms with Crippen molar-refractivity contribution in [3.63, 3.8) is 0 Å². The van der Waals surface area contributed by atoms with E-state index in [4.69, 9.17) is 0 Å². The number of hydrogen-bond acceptors (Lipinski definition) is 2. The summed E-state index contributed by atoms with van der Waals surface area (Å²) in [6.07, 6.45) is 2.93. The summed E-state index contributed by atoms with van der Waals surface area (Å²) in [6.45, 7) is 5.30. The molecule has 0 radical (unpaired) electrons. The first-order chi connectivity index (χ1) is 4.72. The lowest BCUT2D eigenvalue weighted by Crippen LogP contribution is -1.89. The zero-order valence-corrected chi connectivity index (χ0v) is 7.11.